The molecule has 0 radical (unpaired) electrons. The van der Waals surface area contributed by atoms with Crippen molar-refractivity contribution in [1.82, 2.24) is 4.98 Å². The van der Waals surface area contributed by atoms with Crippen LogP contribution >= 0.6 is 0 Å². The molecule has 2 unspecified atom stereocenters. The normalized spacial score (nSPS) is 12.9. The second-order valence-corrected chi connectivity index (χ2v) is 6.67. The molecule has 6 nitrogen and oxygen atoms in total. The summed E-state index contributed by atoms with van der Waals surface area (Å²) in [5.74, 6) is -0.206. The number of methoxy groups -OCH3 is 1. The molecular weight excluding hydrogens is 376 g/mol. The quantitative estimate of drug-likeness (QED) is 0.524. The fourth-order valence-electron chi connectivity index (χ4n) is 3.17. The maximum atomic E-state index is 13.5. The summed E-state index contributed by atoms with van der Waals surface area (Å²) in [4.78, 5) is 21.7. The second-order valence-electron chi connectivity index (χ2n) is 6.67. The van der Waals surface area contributed by atoms with Crippen molar-refractivity contribution < 1.29 is 9.53 Å². The van der Waals surface area contributed by atoms with Gasteiger partial charge in [0.05, 0.1) is 18.7 Å². The predicted octanol–water partition coefficient (Wildman–Crippen LogP) is 4.32. The number of carbonyl (C=O) groups excluding carboxylic acids is 1. The lowest BCUT2D eigenvalue weighted by atomic mass is 9.88. The van der Waals surface area contributed by atoms with Crippen LogP contribution in [-0.4, -0.2) is 36.9 Å². The van der Waals surface area contributed by atoms with E-state index in [-0.39, 0.29) is 11.5 Å². The molecule has 1 aromatic heterocycles. The zero-order valence-corrected chi connectivity index (χ0v) is 16.9. The van der Waals surface area contributed by atoms with Crippen LogP contribution in [0.3, 0.4) is 0 Å². The number of rotatable bonds is 9. The number of aromatic nitrogens is 1. The molecule has 2 N–H and O–H groups in total. The number of pyridine rings is 1. The Labute approximate surface area is 176 Å². The Hall–Kier alpha value is -3.80. The topological polar surface area (TPSA) is 87.4 Å². The number of hydrogen-bond acceptors (Lipinski definition) is 6. The van der Waals surface area contributed by atoms with Gasteiger partial charge in [-0.15, -0.1) is 0 Å². The molecule has 1 heterocycles. The van der Waals surface area contributed by atoms with Crippen molar-refractivity contribution in [2.24, 2.45) is 4.99 Å². The molecule has 2 aromatic carbocycles. The van der Waals surface area contributed by atoms with Gasteiger partial charge in [0.15, 0.2) is 0 Å². The first kappa shape index (κ1) is 20.9. The van der Waals surface area contributed by atoms with E-state index in [2.05, 4.69) is 15.3 Å². The molecule has 0 saturated heterocycles. The smallest absolute Gasteiger partial charge is 0.204 e. The van der Waals surface area contributed by atoms with Crippen LogP contribution in [0.1, 0.15) is 23.1 Å². The number of nitrogens with one attached hydrogen (secondary N) is 2. The Morgan fingerprint density at radius 3 is 2.53 bits per heavy atom. The summed E-state index contributed by atoms with van der Waals surface area (Å²) in [6.07, 6.45) is 4.91. The van der Waals surface area contributed by atoms with Crippen molar-refractivity contribution in [3.63, 3.8) is 0 Å². The van der Waals surface area contributed by atoms with Gasteiger partial charge in [0.2, 0.25) is 5.78 Å². The number of anilines is 1. The van der Waals surface area contributed by atoms with E-state index >= 15 is 0 Å². The maximum Gasteiger partial charge on any atom is 0.204 e. The summed E-state index contributed by atoms with van der Waals surface area (Å²) in [6.45, 7) is 0. The minimum absolute atomic E-state index is 0.0453. The van der Waals surface area contributed by atoms with Crippen LogP contribution in [0.2, 0.25) is 0 Å². The number of hydrogen-bond donors (Lipinski definition) is 2. The third-order valence-electron chi connectivity index (χ3n) is 4.69. The Bertz CT molecular complexity index is 1020. The standard InChI is InChI=1S/C24H24N4O2/c1-26-16-21(17-8-4-3-5-9-17)22(25)24(29)23(18-10-7-13-27-15-18)28-19-11-6-12-20(14-19)30-2/h3-16,21,23,25,28H,1-2H3. The summed E-state index contributed by atoms with van der Waals surface area (Å²) < 4.78 is 5.28. The van der Waals surface area contributed by atoms with Gasteiger partial charge in [0.1, 0.15) is 11.8 Å². The summed E-state index contributed by atoms with van der Waals surface area (Å²) >= 11 is 0. The van der Waals surface area contributed by atoms with Crippen molar-refractivity contribution in [3.8, 4) is 5.75 Å². The monoisotopic (exact) mass is 400 g/mol. The lowest BCUT2D eigenvalue weighted by Crippen LogP contribution is -2.32. The summed E-state index contributed by atoms with van der Waals surface area (Å²) in [7, 11) is 3.23. The molecule has 0 aliphatic heterocycles. The van der Waals surface area contributed by atoms with Crippen LogP contribution in [-0.2, 0) is 4.79 Å². The molecule has 0 aliphatic rings. The number of carbonyl (C=O) groups is 1. The molecule has 3 aromatic rings. The first-order valence-corrected chi connectivity index (χ1v) is 9.54. The lowest BCUT2D eigenvalue weighted by molar-refractivity contribution is -0.113. The molecule has 3 rings (SSSR count). The highest BCUT2D eigenvalue weighted by molar-refractivity contribution is 6.45. The summed E-state index contributed by atoms with van der Waals surface area (Å²) in [6, 6.07) is 19.6. The molecule has 0 bridgehead atoms. The van der Waals surface area contributed by atoms with E-state index in [0.717, 1.165) is 5.56 Å². The third kappa shape index (κ3) is 4.97. The zero-order valence-electron chi connectivity index (χ0n) is 16.9. The Morgan fingerprint density at radius 1 is 1.10 bits per heavy atom. The fraction of sp³-hybridized carbons (Fsp3) is 0.167. The Kier molecular flexibility index (Phi) is 7.05. The number of ether oxygens (including phenoxy) is 1. The van der Waals surface area contributed by atoms with Gasteiger partial charge in [-0.3, -0.25) is 14.8 Å². The molecule has 152 valence electrons. The molecule has 6 heteroatoms. The van der Waals surface area contributed by atoms with Crippen molar-refractivity contribution in [1.29, 1.82) is 5.41 Å². The van der Waals surface area contributed by atoms with Gasteiger partial charge >= 0.3 is 0 Å². The Morgan fingerprint density at radius 2 is 1.87 bits per heavy atom. The summed E-state index contributed by atoms with van der Waals surface area (Å²) in [5.41, 5.74) is 2.18. The molecule has 0 fully saturated rings. The third-order valence-corrected chi connectivity index (χ3v) is 4.69. The van der Waals surface area contributed by atoms with E-state index in [1.165, 1.54) is 0 Å². The zero-order chi connectivity index (χ0) is 21.3. The van der Waals surface area contributed by atoms with E-state index in [4.69, 9.17) is 10.1 Å². The van der Waals surface area contributed by atoms with Crippen LogP contribution in [0.5, 0.6) is 5.75 Å². The summed E-state index contributed by atoms with van der Waals surface area (Å²) in [5, 5.41) is 11.9. The molecule has 30 heavy (non-hydrogen) atoms. The van der Waals surface area contributed by atoms with Crippen LogP contribution in [0.15, 0.2) is 84.1 Å². The number of aliphatic imine (C=N–C) groups is 1. The average Bonchev–Trinajstić information content (AvgIpc) is 2.81. The van der Waals surface area contributed by atoms with Gasteiger partial charge in [0, 0.05) is 43.0 Å². The van der Waals surface area contributed by atoms with Crippen molar-refractivity contribution in [2.45, 2.75) is 12.0 Å². The predicted molar refractivity (Wildman–Crippen MR) is 120 cm³/mol. The van der Waals surface area contributed by atoms with Crippen LogP contribution in [0.25, 0.3) is 0 Å². The lowest BCUT2D eigenvalue weighted by Gasteiger charge is -2.22. The fourth-order valence-corrected chi connectivity index (χ4v) is 3.17. The first-order valence-electron chi connectivity index (χ1n) is 9.54. The SMILES string of the molecule is CN=CC(C(=N)C(=O)C(Nc1cccc(OC)c1)c1cccnc1)c1ccccc1. The Balaban J connectivity index is 1.95. The van der Waals surface area contributed by atoms with Crippen LogP contribution < -0.4 is 10.1 Å². The largest absolute Gasteiger partial charge is 0.497 e. The van der Waals surface area contributed by atoms with Crippen molar-refractivity contribution >= 4 is 23.4 Å². The minimum atomic E-state index is -0.769. The van der Waals surface area contributed by atoms with E-state index < -0.39 is 12.0 Å². The minimum Gasteiger partial charge on any atom is -0.497 e. The number of Topliss-reactive ketones (excluding diaryl/α,β-unsaturated/α-hetero) is 1. The van der Waals surface area contributed by atoms with E-state index in [0.29, 0.717) is 17.0 Å². The van der Waals surface area contributed by atoms with Gasteiger partial charge in [-0.25, -0.2) is 0 Å². The van der Waals surface area contributed by atoms with Crippen molar-refractivity contribution in [2.75, 3.05) is 19.5 Å². The van der Waals surface area contributed by atoms with Gasteiger partial charge in [-0.1, -0.05) is 42.5 Å². The number of nitrogens with zero attached hydrogens (tertiary/aromatic N) is 2. The maximum absolute atomic E-state index is 13.5. The number of ketones is 1. The first-order chi connectivity index (χ1) is 14.6. The van der Waals surface area contributed by atoms with Gasteiger partial charge in [0.25, 0.3) is 0 Å². The van der Waals surface area contributed by atoms with E-state index in [1.807, 2.05) is 60.7 Å². The van der Waals surface area contributed by atoms with Crippen LogP contribution in [0.4, 0.5) is 5.69 Å². The molecule has 2 atom stereocenters. The van der Waals surface area contributed by atoms with E-state index in [9.17, 15) is 4.79 Å². The highest BCUT2D eigenvalue weighted by Gasteiger charge is 2.29. The van der Waals surface area contributed by atoms with Crippen LogP contribution in [0, 0.1) is 5.41 Å². The van der Waals surface area contributed by atoms with Gasteiger partial charge in [-0.2, -0.15) is 0 Å². The van der Waals surface area contributed by atoms with Crippen molar-refractivity contribution in [3.05, 3.63) is 90.3 Å². The second kappa shape index (κ2) is 10.1. The van der Waals surface area contributed by atoms with Gasteiger partial charge in [-0.05, 0) is 23.8 Å². The molecule has 0 spiro atoms. The van der Waals surface area contributed by atoms with Gasteiger partial charge < -0.3 is 15.5 Å². The number of benzene rings is 2. The molecule has 0 aliphatic carbocycles. The molecule has 0 saturated carbocycles. The molecular formula is C24H24N4O2. The average molecular weight is 400 g/mol. The highest BCUT2D eigenvalue weighted by Crippen LogP contribution is 2.26. The highest BCUT2D eigenvalue weighted by atomic mass is 16.5. The molecule has 0 amide bonds. The van der Waals surface area contributed by atoms with E-state index in [1.54, 1.807) is 38.8 Å².